The van der Waals surface area contributed by atoms with Crippen LogP contribution in [0.4, 0.5) is 0 Å². The quantitative estimate of drug-likeness (QED) is 0.243. The first-order valence-electron chi connectivity index (χ1n) is 9.66. The summed E-state index contributed by atoms with van der Waals surface area (Å²) in [5.41, 5.74) is 0. The largest absolute Gasteiger partial charge is 0.472 e. The molecule has 0 amide bonds. The lowest BCUT2D eigenvalue weighted by molar-refractivity contribution is -0.316. The molecule has 3 N–H and O–H groups in total. The molecule has 0 saturated carbocycles. The van der Waals surface area contributed by atoms with Crippen LogP contribution in [0.2, 0.25) is 0 Å². The van der Waals surface area contributed by atoms with Gasteiger partial charge in [-0.1, -0.05) is 0 Å². The molecular weight excluding hydrogens is 411 g/mol. The van der Waals surface area contributed by atoms with Crippen LogP contribution in [0.15, 0.2) is 0 Å². The molecule has 0 spiro atoms. The summed E-state index contributed by atoms with van der Waals surface area (Å²) in [6.45, 7) is 6.80. The van der Waals surface area contributed by atoms with Crippen molar-refractivity contribution >= 4 is 7.82 Å². The molecule has 0 aromatic carbocycles. The summed E-state index contributed by atoms with van der Waals surface area (Å²) < 4.78 is 50.5. The lowest BCUT2D eigenvalue weighted by atomic mass is 10.1. The van der Waals surface area contributed by atoms with Gasteiger partial charge in [0.1, 0.15) is 18.3 Å². The highest BCUT2D eigenvalue weighted by Crippen LogP contribution is 2.48. The maximum Gasteiger partial charge on any atom is 0.472 e. The minimum absolute atomic E-state index is 0.0710. The fourth-order valence-electron chi connectivity index (χ4n) is 2.64. The van der Waals surface area contributed by atoms with Gasteiger partial charge in [-0.3, -0.25) is 9.05 Å². The lowest BCUT2D eigenvalue weighted by Gasteiger charge is -2.29. The van der Waals surface area contributed by atoms with Crippen molar-refractivity contribution in [1.29, 1.82) is 0 Å². The van der Waals surface area contributed by atoms with Crippen molar-refractivity contribution in [2.45, 2.75) is 77.7 Å². The molecule has 0 aromatic rings. The van der Waals surface area contributed by atoms with Crippen LogP contribution in [0, 0.1) is 0 Å². The standard InChI is InChI=1S/C17H35O11P/c1-11(2)24-10-14-16(28-29(20,21)27-12(3)4)15(13(5)25-14)26-17(22-8-6-18)23-9-7-19/h11-19H,6-10H2,1-5H3,(H,20,21)/t13-,14+,15?,16-/m0/s1. The second-order valence-corrected chi connectivity index (χ2v) is 8.39. The number of phosphoric acid groups is 1. The van der Waals surface area contributed by atoms with Gasteiger partial charge in [-0.15, -0.1) is 0 Å². The van der Waals surface area contributed by atoms with E-state index in [-0.39, 0.29) is 39.1 Å². The first-order chi connectivity index (χ1) is 13.6. The van der Waals surface area contributed by atoms with Crippen molar-refractivity contribution in [3.05, 3.63) is 0 Å². The average molecular weight is 446 g/mol. The van der Waals surface area contributed by atoms with Gasteiger partial charge in [0.2, 0.25) is 0 Å². The van der Waals surface area contributed by atoms with E-state index in [4.69, 9.17) is 42.9 Å². The van der Waals surface area contributed by atoms with Crippen LogP contribution in [-0.2, 0) is 37.3 Å². The molecule has 12 heteroatoms. The van der Waals surface area contributed by atoms with E-state index in [1.807, 2.05) is 13.8 Å². The van der Waals surface area contributed by atoms with Gasteiger partial charge in [0.25, 0.3) is 6.48 Å². The molecular formula is C17H35O11P. The van der Waals surface area contributed by atoms with E-state index in [9.17, 15) is 9.46 Å². The van der Waals surface area contributed by atoms with Crippen LogP contribution >= 0.6 is 7.82 Å². The zero-order valence-electron chi connectivity index (χ0n) is 17.6. The summed E-state index contributed by atoms with van der Waals surface area (Å²) in [7, 11) is -4.41. The van der Waals surface area contributed by atoms with Crippen molar-refractivity contribution in [3.63, 3.8) is 0 Å². The van der Waals surface area contributed by atoms with Crippen molar-refractivity contribution in [1.82, 2.24) is 0 Å². The molecule has 0 radical (unpaired) electrons. The van der Waals surface area contributed by atoms with Gasteiger partial charge in [0.15, 0.2) is 0 Å². The summed E-state index contributed by atoms with van der Waals surface area (Å²) in [6.07, 6.45) is -3.77. The van der Waals surface area contributed by atoms with E-state index in [1.54, 1.807) is 20.8 Å². The third kappa shape index (κ3) is 10.1. The Kier molecular flexibility index (Phi) is 12.3. The Morgan fingerprint density at radius 2 is 1.55 bits per heavy atom. The smallest absolute Gasteiger partial charge is 0.394 e. The first kappa shape index (κ1) is 26.9. The Labute approximate surface area is 171 Å². The SMILES string of the molecule is CC(C)OC[C@H]1O[C@@H](C)C(OC(OCCO)OCCO)[C@H]1OP(=O)(O)OC(C)C. The molecule has 2 unspecified atom stereocenters. The lowest BCUT2D eigenvalue weighted by Crippen LogP contribution is -2.42. The van der Waals surface area contributed by atoms with Gasteiger partial charge in [0.05, 0.1) is 51.3 Å². The maximum absolute atomic E-state index is 12.4. The molecule has 1 aliphatic rings. The van der Waals surface area contributed by atoms with Gasteiger partial charge >= 0.3 is 7.82 Å². The third-order valence-electron chi connectivity index (χ3n) is 3.69. The average Bonchev–Trinajstić information content (AvgIpc) is 2.88. The zero-order chi connectivity index (χ0) is 22.0. The molecule has 0 aromatic heterocycles. The summed E-state index contributed by atoms with van der Waals surface area (Å²) in [5, 5.41) is 17.9. The third-order valence-corrected chi connectivity index (χ3v) is 4.89. The molecule has 5 atom stereocenters. The Balaban J connectivity index is 2.96. The fourth-order valence-corrected chi connectivity index (χ4v) is 3.79. The van der Waals surface area contributed by atoms with Gasteiger partial charge in [0, 0.05) is 0 Å². The van der Waals surface area contributed by atoms with E-state index >= 15 is 0 Å². The summed E-state index contributed by atoms with van der Waals surface area (Å²) >= 11 is 0. The molecule has 0 bridgehead atoms. The van der Waals surface area contributed by atoms with Crippen LogP contribution in [-0.4, -0.2) is 91.2 Å². The first-order valence-corrected chi connectivity index (χ1v) is 11.2. The highest BCUT2D eigenvalue weighted by molar-refractivity contribution is 7.47. The van der Waals surface area contributed by atoms with Gasteiger partial charge in [-0.2, -0.15) is 0 Å². The van der Waals surface area contributed by atoms with E-state index < -0.39 is 44.8 Å². The number of rotatable bonds is 15. The Bertz CT molecular complexity index is 482. The maximum atomic E-state index is 12.4. The summed E-state index contributed by atoms with van der Waals surface area (Å²) in [4.78, 5) is 10.1. The van der Waals surface area contributed by atoms with Crippen molar-refractivity contribution in [3.8, 4) is 0 Å². The zero-order valence-corrected chi connectivity index (χ0v) is 18.5. The number of hydrogen-bond acceptors (Lipinski definition) is 10. The van der Waals surface area contributed by atoms with Crippen LogP contribution < -0.4 is 0 Å². The Morgan fingerprint density at radius 3 is 2.03 bits per heavy atom. The minimum Gasteiger partial charge on any atom is -0.394 e. The van der Waals surface area contributed by atoms with Gasteiger partial charge in [-0.25, -0.2) is 4.57 Å². The van der Waals surface area contributed by atoms with Crippen LogP contribution in [0.5, 0.6) is 0 Å². The molecule has 1 heterocycles. The van der Waals surface area contributed by atoms with Crippen molar-refractivity contribution in [2.24, 2.45) is 0 Å². The summed E-state index contributed by atoms with van der Waals surface area (Å²) in [6, 6.07) is 0. The highest BCUT2D eigenvalue weighted by atomic mass is 31.2. The second kappa shape index (κ2) is 13.3. The number of aliphatic hydroxyl groups is 2. The molecule has 0 aliphatic carbocycles. The van der Waals surface area contributed by atoms with Crippen molar-refractivity contribution in [2.75, 3.05) is 33.0 Å². The van der Waals surface area contributed by atoms with E-state index in [0.717, 1.165) is 0 Å². The molecule has 174 valence electrons. The molecule has 1 aliphatic heterocycles. The van der Waals surface area contributed by atoms with Gasteiger partial charge < -0.3 is 38.8 Å². The second-order valence-electron chi connectivity index (χ2n) is 7.03. The number of hydrogen-bond donors (Lipinski definition) is 3. The molecule has 11 nitrogen and oxygen atoms in total. The highest BCUT2D eigenvalue weighted by Gasteiger charge is 2.49. The van der Waals surface area contributed by atoms with Crippen molar-refractivity contribution < 1.29 is 52.4 Å². The fraction of sp³-hybridized carbons (Fsp3) is 1.00. The normalized spacial score (nSPS) is 27.3. The van der Waals surface area contributed by atoms with E-state index in [0.29, 0.717) is 0 Å². The number of phosphoric ester groups is 1. The monoisotopic (exact) mass is 446 g/mol. The Morgan fingerprint density at radius 1 is 0.966 bits per heavy atom. The predicted molar refractivity (Wildman–Crippen MR) is 101 cm³/mol. The van der Waals surface area contributed by atoms with Crippen LogP contribution in [0.1, 0.15) is 34.6 Å². The molecule has 1 fully saturated rings. The van der Waals surface area contributed by atoms with E-state index in [2.05, 4.69) is 0 Å². The minimum atomic E-state index is -4.41. The molecule has 1 rings (SSSR count). The number of ether oxygens (including phenoxy) is 5. The van der Waals surface area contributed by atoms with Gasteiger partial charge in [-0.05, 0) is 34.6 Å². The predicted octanol–water partition coefficient (Wildman–Crippen LogP) is 0.796. The van der Waals surface area contributed by atoms with Crippen LogP contribution in [0.25, 0.3) is 0 Å². The topological polar surface area (TPSA) is 142 Å². The molecule has 1 saturated heterocycles. The Hall–Kier alpha value is -0.170. The van der Waals surface area contributed by atoms with E-state index in [1.165, 1.54) is 0 Å². The van der Waals surface area contributed by atoms with Crippen LogP contribution in [0.3, 0.4) is 0 Å². The number of aliphatic hydroxyl groups excluding tert-OH is 2. The summed E-state index contributed by atoms with van der Waals surface area (Å²) in [5.74, 6) is 0. The molecule has 29 heavy (non-hydrogen) atoms.